The quantitative estimate of drug-likeness (QED) is 0.385. The van der Waals surface area contributed by atoms with Crippen LogP contribution in [-0.4, -0.2) is 46.0 Å². The molecule has 1 aromatic heterocycles. The molecule has 190 valence electrons. The molecule has 0 fully saturated rings. The van der Waals surface area contributed by atoms with Gasteiger partial charge in [-0.1, -0.05) is 44.5 Å². The van der Waals surface area contributed by atoms with Crippen LogP contribution in [0.1, 0.15) is 67.2 Å². The average molecular weight is 504 g/mol. The normalized spacial score (nSPS) is 13.0. The van der Waals surface area contributed by atoms with Crippen molar-refractivity contribution in [2.24, 2.45) is 5.41 Å². The number of benzene rings is 1. The van der Waals surface area contributed by atoms with Crippen LogP contribution >= 0.6 is 11.6 Å². The Labute approximate surface area is 211 Å². The van der Waals surface area contributed by atoms with Gasteiger partial charge < -0.3 is 20.8 Å². The molecule has 0 aliphatic carbocycles. The second kappa shape index (κ2) is 13.2. The summed E-state index contributed by atoms with van der Waals surface area (Å²) in [6, 6.07) is 7.89. The Morgan fingerprint density at radius 2 is 1.69 bits per heavy atom. The maximum absolute atomic E-state index is 12.3. The second-order valence-corrected chi connectivity index (χ2v) is 10.1. The molecule has 9 heteroatoms. The van der Waals surface area contributed by atoms with Crippen LogP contribution in [0.2, 0.25) is 5.02 Å². The lowest BCUT2D eigenvalue weighted by Gasteiger charge is -2.17. The number of nitrogens with one attached hydrogen (secondary N) is 2. The molecule has 0 bridgehead atoms. The van der Waals surface area contributed by atoms with E-state index >= 15 is 0 Å². The molecule has 1 aromatic carbocycles. The largest absolute Gasteiger partial charge is 0.481 e. The summed E-state index contributed by atoms with van der Waals surface area (Å²) in [5.41, 5.74) is 5.21. The molecular weight excluding hydrogens is 470 g/mol. The fourth-order valence-electron chi connectivity index (χ4n) is 3.61. The topological polar surface area (TPSA) is 129 Å². The number of hydrogen-bond acceptors (Lipinski definition) is 6. The molecule has 8 nitrogen and oxygen atoms in total. The lowest BCUT2D eigenvalue weighted by molar-refractivity contribution is -0.143. The molecule has 2 heterocycles. The summed E-state index contributed by atoms with van der Waals surface area (Å²) < 4.78 is 0. The predicted molar refractivity (Wildman–Crippen MR) is 136 cm³/mol. The van der Waals surface area contributed by atoms with E-state index in [2.05, 4.69) is 42.5 Å². The van der Waals surface area contributed by atoms with E-state index in [0.717, 1.165) is 42.2 Å². The zero-order valence-electron chi connectivity index (χ0n) is 20.5. The number of nitrogens with zero attached hydrogens (tertiary/aromatic N) is 1. The van der Waals surface area contributed by atoms with Crippen LogP contribution in [-0.2, 0) is 29.0 Å². The number of anilines is 1. The minimum absolute atomic E-state index is 0.0320. The van der Waals surface area contributed by atoms with Gasteiger partial charge in [0.25, 0.3) is 0 Å². The molecule has 0 saturated carbocycles. The number of ketones is 1. The van der Waals surface area contributed by atoms with Crippen molar-refractivity contribution in [3.8, 4) is 0 Å². The first-order valence-corrected chi connectivity index (χ1v) is 12.0. The predicted octanol–water partition coefficient (Wildman–Crippen LogP) is 4.59. The number of Topliss-reactive ketones (excluding diaryl/α,β-unsaturated/α-hetero) is 1. The Balaban J connectivity index is 0.000000466. The first kappa shape index (κ1) is 28.3. The number of aliphatic carboxylic acids is 2. The van der Waals surface area contributed by atoms with Crippen LogP contribution < -0.4 is 10.6 Å². The van der Waals surface area contributed by atoms with Crippen molar-refractivity contribution in [3.63, 3.8) is 0 Å². The van der Waals surface area contributed by atoms with Gasteiger partial charge in [-0.25, -0.2) is 0 Å². The molecule has 1 aliphatic rings. The van der Waals surface area contributed by atoms with Crippen LogP contribution in [0.3, 0.4) is 0 Å². The summed E-state index contributed by atoms with van der Waals surface area (Å²) in [6.45, 7) is 8.78. The minimum atomic E-state index is -1.08. The summed E-state index contributed by atoms with van der Waals surface area (Å²) in [5, 5.41) is 23.5. The lowest BCUT2D eigenvalue weighted by Crippen LogP contribution is -2.16. The van der Waals surface area contributed by atoms with E-state index in [9.17, 15) is 14.4 Å². The van der Waals surface area contributed by atoms with Crippen molar-refractivity contribution in [2.75, 3.05) is 18.4 Å². The molecule has 2 aromatic rings. The first-order chi connectivity index (χ1) is 16.5. The Hall–Kier alpha value is -2.97. The number of aromatic nitrogens is 1. The van der Waals surface area contributed by atoms with E-state index in [1.807, 2.05) is 18.2 Å². The summed E-state index contributed by atoms with van der Waals surface area (Å²) in [4.78, 5) is 35.9. The number of fused-ring (bicyclic) bond motifs is 1. The third kappa shape index (κ3) is 10.0. The van der Waals surface area contributed by atoms with E-state index in [-0.39, 0.29) is 24.0 Å². The fraction of sp³-hybridized carbons (Fsp3) is 0.462. The minimum Gasteiger partial charge on any atom is -0.481 e. The van der Waals surface area contributed by atoms with Crippen molar-refractivity contribution < 1.29 is 24.6 Å². The summed E-state index contributed by atoms with van der Waals surface area (Å²) >= 11 is 6.47. The maximum atomic E-state index is 12.3. The van der Waals surface area contributed by atoms with Gasteiger partial charge >= 0.3 is 11.9 Å². The number of carboxylic acid groups (broad SMARTS) is 2. The van der Waals surface area contributed by atoms with Crippen molar-refractivity contribution in [3.05, 3.63) is 57.9 Å². The first-order valence-electron chi connectivity index (χ1n) is 11.6. The van der Waals surface area contributed by atoms with Crippen molar-refractivity contribution in [1.82, 2.24) is 10.3 Å². The number of carboxylic acids is 2. The van der Waals surface area contributed by atoms with Crippen LogP contribution in [0.5, 0.6) is 0 Å². The molecule has 0 atom stereocenters. The zero-order valence-corrected chi connectivity index (χ0v) is 21.2. The Morgan fingerprint density at radius 3 is 2.26 bits per heavy atom. The molecule has 0 saturated heterocycles. The summed E-state index contributed by atoms with van der Waals surface area (Å²) in [7, 11) is 0. The second-order valence-electron chi connectivity index (χ2n) is 9.66. The number of halogens is 1. The molecule has 0 amide bonds. The van der Waals surface area contributed by atoms with E-state index in [4.69, 9.17) is 21.8 Å². The van der Waals surface area contributed by atoms with Crippen molar-refractivity contribution in [2.45, 2.75) is 59.4 Å². The Kier molecular flexibility index (Phi) is 10.7. The highest BCUT2D eigenvalue weighted by Gasteiger charge is 2.18. The standard InChI is InChI=1S/C22H28ClN3O.C4H6O4/c1-22(2,3)12-20(27)19-7-4-15(13-25-19)14-26-21-17-9-11-24-10-8-16(17)5-6-18(21)23;5-3(6)1-2-4(7)8/h4-7,13,24,26H,8-12,14H2,1-3H3;1-2H2,(H,5,6)(H,7,8). The number of pyridine rings is 1. The number of carbonyl (C=O) groups excluding carboxylic acids is 1. The highest BCUT2D eigenvalue weighted by Crippen LogP contribution is 2.31. The molecule has 35 heavy (non-hydrogen) atoms. The van der Waals surface area contributed by atoms with Crippen molar-refractivity contribution >= 4 is 35.0 Å². The van der Waals surface area contributed by atoms with Gasteiger partial charge in [0, 0.05) is 19.2 Å². The third-order valence-corrected chi connectivity index (χ3v) is 5.62. The highest BCUT2D eigenvalue weighted by atomic mass is 35.5. The molecular formula is C26H34ClN3O5. The molecule has 0 unspecified atom stereocenters. The van der Waals surface area contributed by atoms with Crippen LogP contribution in [0.15, 0.2) is 30.5 Å². The van der Waals surface area contributed by atoms with Gasteiger partial charge in [0.15, 0.2) is 5.78 Å². The zero-order chi connectivity index (χ0) is 26.0. The SMILES string of the molecule is CC(C)(C)CC(=O)c1ccc(CNc2c(Cl)ccc3c2CCNCC3)cn1.O=C(O)CCC(=O)O. The van der Waals surface area contributed by atoms with Crippen LogP contribution in [0, 0.1) is 5.41 Å². The van der Waals surface area contributed by atoms with Gasteiger partial charge in [-0.2, -0.15) is 0 Å². The smallest absolute Gasteiger partial charge is 0.303 e. The van der Waals surface area contributed by atoms with E-state index in [1.165, 1.54) is 11.1 Å². The molecule has 4 N–H and O–H groups in total. The van der Waals surface area contributed by atoms with Gasteiger partial charge in [0.05, 0.1) is 23.6 Å². The third-order valence-electron chi connectivity index (χ3n) is 5.31. The fourth-order valence-corrected chi connectivity index (χ4v) is 3.85. The van der Waals surface area contributed by atoms with E-state index in [1.54, 1.807) is 6.20 Å². The highest BCUT2D eigenvalue weighted by molar-refractivity contribution is 6.33. The molecule has 1 aliphatic heterocycles. The van der Waals surface area contributed by atoms with Gasteiger partial charge in [0.1, 0.15) is 5.69 Å². The van der Waals surface area contributed by atoms with Gasteiger partial charge in [-0.05, 0) is 60.2 Å². The maximum Gasteiger partial charge on any atom is 0.303 e. The number of rotatable bonds is 8. The van der Waals surface area contributed by atoms with E-state index < -0.39 is 11.9 Å². The Bertz CT molecular complexity index is 1020. The summed E-state index contributed by atoms with van der Waals surface area (Å²) in [6.07, 6.45) is 3.67. The molecule has 0 spiro atoms. The van der Waals surface area contributed by atoms with Gasteiger partial charge in [-0.3, -0.25) is 19.4 Å². The van der Waals surface area contributed by atoms with Gasteiger partial charge in [0.2, 0.25) is 0 Å². The number of hydrogen-bond donors (Lipinski definition) is 4. The van der Waals surface area contributed by atoms with Crippen molar-refractivity contribution in [1.29, 1.82) is 0 Å². The lowest BCUT2D eigenvalue weighted by atomic mass is 9.89. The van der Waals surface area contributed by atoms with Gasteiger partial charge in [-0.15, -0.1) is 0 Å². The summed E-state index contributed by atoms with van der Waals surface area (Å²) in [5.74, 6) is -2.06. The Morgan fingerprint density at radius 1 is 1.03 bits per heavy atom. The van der Waals surface area contributed by atoms with E-state index in [0.29, 0.717) is 18.7 Å². The van der Waals surface area contributed by atoms with Crippen LogP contribution in [0.25, 0.3) is 0 Å². The molecule has 0 radical (unpaired) electrons. The number of carbonyl (C=O) groups is 3. The monoisotopic (exact) mass is 503 g/mol. The van der Waals surface area contributed by atoms with Crippen LogP contribution in [0.4, 0.5) is 5.69 Å². The molecule has 3 rings (SSSR count). The average Bonchev–Trinajstić information content (AvgIpc) is 3.02.